The van der Waals surface area contributed by atoms with Gasteiger partial charge in [0.2, 0.25) is 0 Å². The van der Waals surface area contributed by atoms with Crippen LogP contribution in [0.2, 0.25) is 0 Å². The number of anilines is 3. The molecule has 0 bridgehead atoms. The molecule has 0 atom stereocenters. The van der Waals surface area contributed by atoms with Crippen molar-refractivity contribution in [3.05, 3.63) is 199 Å². The summed E-state index contributed by atoms with van der Waals surface area (Å²) in [7, 11) is 0. The van der Waals surface area contributed by atoms with Crippen LogP contribution in [0, 0.1) is 0 Å². The average Bonchev–Trinajstić information content (AvgIpc) is 3.71. The maximum Gasteiger partial charge on any atom is 0.0640 e. The largest absolute Gasteiger partial charge is 0.308 e. The van der Waals surface area contributed by atoms with Crippen LogP contribution < -0.4 is 4.90 Å². The summed E-state index contributed by atoms with van der Waals surface area (Å²) in [4.78, 5) is 2.54. The van der Waals surface area contributed by atoms with Crippen LogP contribution in [-0.4, -0.2) is 0 Å². The van der Waals surface area contributed by atoms with E-state index in [-0.39, 0.29) is 5.41 Å². The maximum atomic E-state index is 2.54. The third kappa shape index (κ3) is 5.13. The molecule has 0 spiro atoms. The van der Waals surface area contributed by atoms with Gasteiger partial charge in [0, 0.05) is 32.1 Å². The minimum atomic E-state index is -0.129. The molecule has 1 aliphatic rings. The Balaban J connectivity index is 1.29. The lowest BCUT2D eigenvalue weighted by atomic mass is 9.82. The van der Waals surface area contributed by atoms with Crippen LogP contribution in [0.3, 0.4) is 0 Å². The van der Waals surface area contributed by atoms with E-state index in [1.807, 2.05) is 11.3 Å². The highest BCUT2D eigenvalue weighted by atomic mass is 32.1. The van der Waals surface area contributed by atoms with E-state index >= 15 is 0 Å². The summed E-state index contributed by atoms with van der Waals surface area (Å²) in [6.45, 7) is 4.74. The molecule has 2 heteroatoms. The lowest BCUT2D eigenvalue weighted by molar-refractivity contribution is 0.660. The summed E-state index contributed by atoms with van der Waals surface area (Å²) in [6, 6.07) is 69.1. The van der Waals surface area contributed by atoms with E-state index in [1.54, 1.807) is 0 Å². The molecule has 0 aliphatic heterocycles. The van der Waals surface area contributed by atoms with Crippen LogP contribution in [0.25, 0.3) is 64.7 Å². The van der Waals surface area contributed by atoms with Gasteiger partial charge < -0.3 is 4.90 Å². The van der Waals surface area contributed by atoms with Crippen LogP contribution in [0.5, 0.6) is 0 Å². The molecule has 0 amide bonds. The van der Waals surface area contributed by atoms with Crippen molar-refractivity contribution >= 4 is 48.6 Å². The van der Waals surface area contributed by atoms with Gasteiger partial charge in [0.25, 0.3) is 0 Å². The number of hydrogen-bond donors (Lipinski definition) is 0. The molecule has 252 valence electrons. The predicted molar refractivity (Wildman–Crippen MR) is 228 cm³/mol. The van der Waals surface area contributed by atoms with Crippen LogP contribution in [0.1, 0.15) is 25.0 Å². The van der Waals surface area contributed by atoms with Crippen molar-refractivity contribution < 1.29 is 0 Å². The lowest BCUT2D eigenvalue weighted by Crippen LogP contribution is -2.17. The van der Waals surface area contributed by atoms with Gasteiger partial charge in [0.05, 0.1) is 16.1 Å². The van der Waals surface area contributed by atoms with Gasteiger partial charge >= 0.3 is 0 Å². The fourth-order valence-electron chi connectivity index (χ4n) is 8.52. The number of benzene rings is 8. The van der Waals surface area contributed by atoms with Gasteiger partial charge in [-0.1, -0.05) is 166 Å². The first-order valence-electron chi connectivity index (χ1n) is 18.4. The second-order valence-corrected chi connectivity index (χ2v) is 15.6. The molecule has 0 saturated carbocycles. The quantitative estimate of drug-likeness (QED) is 0.167. The molecular weight excluding hydrogens is 659 g/mol. The standard InChI is InChI=1S/C51H37NS/c1-51(2)44-26-11-9-22-40(44)41-31-30-38(33-45(41)51)52(47-28-15-25-43-42-23-10-12-29-48(42)53-50(43)47)46-27-14-24-39(35-18-7-4-8-19-35)49(46)37-21-13-20-36(32-37)34-16-5-3-6-17-34/h3-33H,1-2H3. The van der Waals surface area contributed by atoms with Crippen molar-refractivity contribution in [2.75, 3.05) is 4.90 Å². The number of hydrogen-bond acceptors (Lipinski definition) is 2. The zero-order valence-electron chi connectivity index (χ0n) is 29.8. The Kier molecular flexibility index (Phi) is 7.42. The highest BCUT2D eigenvalue weighted by Crippen LogP contribution is 2.53. The Hall–Kier alpha value is -6.22. The van der Waals surface area contributed by atoms with E-state index in [9.17, 15) is 0 Å². The van der Waals surface area contributed by atoms with Gasteiger partial charge in [-0.25, -0.2) is 0 Å². The van der Waals surface area contributed by atoms with Crippen molar-refractivity contribution in [2.45, 2.75) is 19.3 Å². The number of rotatable bonds is 6. The maximum absolute atomic E-state index is 2.54. The second kappa shape index (κ2) is 12.5. The number of nitrogens with zero attached hydrogens (tertiary/aromatic N) is 1. The predicted octanol–water partition coefficient (Wildman–Crippen LogP) is 14.8. The van der Waals surface area contributed by atoms with Crippen LogP contribution in [0.4, 0.5) is 17.1 Å². The molecule has 0 radical (unpaired) electrons. The first kappa shape index (κ1) is 31.5. The molecule has 8 aromatic carbocycles. The molecule has 0 unspecified atom stereocenters. The van der Waals surface area contributed by atoms with Crippen LogP contribution in [0.15, 0.2) is 188 Å². The molecule has 0 N–H and O–H groups in total. The van der Waals surface area contributed by atoms with Crippen LogP contribution >= 0.6 is 11.3 Å². The van der Waals surface area contributed by atoms with Gasteiger partial charge in [-0.15, -0.1) is 11.3 Å². The van der Waals surface area contributed by atoms with E-state index in [0.717, 1.165) is 11.4 Å². The topological polar surface area (TPSA) is 3.24 Å². The zero-order chi connectivity index (χ0) is 35.5. The Morgan fingerprint density at radius 2 is 1.02 bits per heavy atom. The van der Waals surface area contributed by atoms with E-state index in [4.69, 9.17) is 0 Å². The molecule has 0 saturated heterocycles. The van der Waals surface area contributed by atoms with Gasteiger partial charge in [-0.2, -0.15) is 0 Å². The minimum Gasteiger partial charge on any atom is -0.308 e. The molecule has 9 aromatic rings. The van der Waals surface area contributed by atoms with Gasteiger partial charge in [0.1, 0.15) is 0 Å². The molecular formula is C51H37NS. The lowest BCUT2D eigenvalue weighted by Gasteiger charge is -2.31. The Labute approximate surface area is 315 Å². The Morgan fingerprint density at radius 3 is 1.87 bits per heavy atom. The molecule has 1 heterocycles. The first-order chi connectivity index (χ1) is 26.1. The molecule has 10 rings (SSSR count). The fourth-order valence-corrected chi connectivity index (χ4v) is 9.73. The highest BCUT2D eigenvalue weighted by Gasteiger charge is 2.36. The van der Waals surface area contributed by atoms with Crippen molar-refractivity contribution in [1.29, 1.82) is 0 Å². The van der Waals surface area contributed by atoms with Gasteiger partial charge in [0.15, 0.2) is 0 Å². The van der Waals surface area contributed by atoms with Gasteiger partial charge in [-0.05, 0) is 86.5 Å². The smallest absolute Gasteiger partial charge is 0.0640 e. The van der Waals surface area contributed by atoms with Crippen molar-refractivity contribution in [3.63, 3.8) is 0 Å². The monoisotopic (exact) mass is 695 g/mol. The van der Waals surface area contributed by atoms with Crippen molar-refractivity contribution in [1.82, 2.24) is 0 Å². The summed E-state index contributed by atoms with van der Waals surface area (Å²) in [5, 5.41) is 2.59. The van der Waals surface area contributed by atoms with Crippen LogP contribution in [-0.2, 0) is 5.41 Å². The first-order valence-corrected chi connectivity index (χ1v) is 19.2. The third-order valence-electron chi connectivity index (χ3n) is 11.1. The van der Waals surface area contributed by atoms with E-state index in [0.29, 0.717) is 0 Å². The minimum absolute atomic E-state index is 0.129. The highest BCUT2D eigenvalue weighted by molar-refractivity contribution is 7.26. The molecule has 1 aliphatic carbocycles. The summed E-state index contributed by atoms with van der Waals surface area (Å²) in [5.41, 5.74) is 16.0. The molecule has 0 fully saturated rings. The summed E-state index contributed by atoms with van der Waals surface area (Å²) < 4.78 is 2.58. The zero-order valence-corrected chi connectivity index (χ0v) is 30.6. The Morgan fingerprint density at radius 1 is 0.415 bits per heavy atom. The third-order valence-corrected chi connectivity index (χ3v) is 12.3. The number of fused-ring (bicyclic) bond motifs is 6. The molecule has 53 heavy (non-hydrogen) atoms. The Bertz CT molecular complexity index is 2810. The molecule has 1 aromatic heterocycles. The van der Waals surface area contributed by atoms with Crippen molar-refractivity contribution in [2.24, 2.45) is 0 Å². The normalized spacial score (nSPS) is 12.9. The average molecular weight is 696 g/mol. The summed E-state index contributed by atoms with van der Waals surface area (Å²) in [5.74, 6) is 0. The second-order valence-electron chi connectivity index (χ2n) is 14.5. The van der Waals surface area contributed by atoms with E-state index < -0.39 is 0 Å². The number of thiophene rings is 1. The summed E-state index contributed by atoms with van der Waals surface area (Å²) in [6.07, 6.45) is 0. The molecule has 1 nitrogen and oxygen atoms in total. The van der Waals surface area contributed by atoms with Gasteiger partial charge in [-0.3, -0.25) is 0 Å². The van der Waals surface area contributed by atoms with Crippen molar-refractivity contribution in [3.8, 4) is 44.5 Å². The van der Waals surface area contributed by atoms with E-state index in [2.05, 4.69) is 207 Å². The van der Waals surface area contributed by atoms with E-state index in [1.165, 1.54) is 81.5 Å². The SMILES string of the molecule is CC1(C)c2ccccc2-c2ccc(N(c3cccc(-c4ccccc4)c3-c3cccc(-c4ccccc4)c3)c3cccc4c3sc3ccccc34)cc21. The summed E-state index contributed by atoms with van der Waals surface area (Å²) >= 11 is 1.88. The fraction of sp³-hybridized carbons (Fsp3) is 0.0588.